The second-order valence-corrected chi connectivity index (χ2v) is 2.29. The third-order valence-electron chi connectivity index (χ3n) is 1.56. The fourth-order valence-electron chi connectivity index (χ4n) is 0.886. The molecule has 0 radical (unpaired) electrons. The largest absolute Gasteiger partial charge is 0.326 e. The van der Waals surface area contributed by atoms with E-state index < -0.39 is 0 Å². The number of nitrogens with zero attached hydrogens (tertiary/aromatic N) is 1. The van der Waals surface area contributed by atoms with Crippen molar-refractivity contribution in [2.24, 2.45) is 5.73 Å². The lowest BCUT2D eigenvalue weighted by atomic mass is 10.2. The van der Waals surface area contributed by atoms with E-state index in [1.54, 1.807) is 6.07 Å². The van der Waals surface area contributed by atoms with Crippen molar-refractivity contribution in [2.45, 2.75) is 13.5 Å². The van der Waals surface area contributed by atoms with Crippen LogP contribution in [-0.4, -0.2) is 4.98 Å². The van der Waals surface area contributed by atoms with Crippen molar-refractivity contribution >= 4 is 0 Å². The Morgan fingerprint density at radius 1 is 1.64 bits per heavy atom. The van der Waals surface area contributed by atoms with Crippen LogP contribution in [0.2, 0.25) is 0 Å². The minimum absolute atomic E-state index is 0.518. The molecule has 0 aliphatic carbocycles. The van der Waals surface area contributed by atoms with Gasteiger partial charge in [-0.25, -0.2) is 4.98 Å². The van der Waals surface area contributed by atoms with Crippen molar-refractivity contribution < 1.29 is 0 Å². The van der Waals surface area contributed by atoms with Crippen molar-refractivity contribution in [1.29, 1.82) is 0 Å². The van der Waals surface area contributed by atoms with Crippen LogP contribution in [-0.2, 0) is 6.54 Å². The summed E-state index contributed by atoms with van der Waals surface area (Å²) in [7, 11) is 0. The first-order chi connectivity index (χ1) is 5.27. The molecule has 1 aromatic heterocycles. The zero-order valence-electron chi connectivity index (χ0n) is 6.46. The number of aryl methyl sites for hydroxylation is 1. The van der Waals surface area contributed by atoms with E-state index in [9.17, 15) is 0 Å². The molecule has 0 unspecified atom stereocenters. The first-order valence-corrected chi connectivity index (χ1v) is 3.41. The zero-order valence-corrected chi connectivity index (χ0v) is 6.46. The van der Waals surface area contributed by atoms with Gasteiger partial charge in [0.25, 0.3) is 0 Å². The van der Waals surface area contributed by atoms with Crippen molar-refractivity contribution in [3.05, 3.63) is 29.1 Å². The first kappa shape index (κ1) is 7.77. The molecule has 2 nitrogen and oxygen atoms in total. The Kier molecular flexibility index (Phi) is 2.25. The lowest BCUT2D eigenvalue weighted by molar-refractivity contribution is 1.00. The number of aromatic nitrogens is 1. The summed E-state index contributed by atoms with van der Waals surface area (Å²) < 4.78 is 0. The standard InChI is InChI=1S/C9H10N2/c1-3-9-5-4-8(6-10)7(2)11-9/h1,4-5H,6,10H2,2H3. The Balaban J connectivity index is 3.12. The van der Waals surface area contributed by atoms with Crippen LogP contribution in [0, 0.1) is 19.3 Å². The van der Waals surface area contributed by atoms with Crippen molar-refractivity contribution in [1.82, 2.24) is 4.98 Å². The first-order valence-electron chi connectivity index (χ1n) is 3.41. The third-order valence-corrected chi connectivity index (χ3v) is 1.56. The third kappa shape index (κ3) is 1.57. The van der Waals surface area contributed by atoms with Crippen LogP contribution >= 0.6 is 0 Å². The molecule has 1 aromatic rings. The van der Waals surface area contributed by atoms with Crippen molar-refractivity contribution in [2.75, 3.05) is 0 Å². The molecule has 0 bridgehead atoms. The lowest BCUT2D eigenvalue weighted by Gasteiger charge is -2.00. The van der Waals surface area contributed by atoms with Crippen LogP contribution in [0.4, 0.5) is 0 Å². The van der Waals surface area contributed by atoms with Gasteiger partial charge in [0.05, 0.1) is 0 Å². The highest BCUT2D eigenvalue weighted by atomic mass is 14.7. The minimum Gasteiger partial charge on any atom is -0.326 e. The lowest BCUT2D eigenvalue weighted by Crippen LogP contribution is -2.01. The average Bonchev–Trinajstić information content (AvgIpc) is 2.04. The summed E-state index contributed by atoms with van der Waals surface area (Å²) in [6.45, 7) is 2.42. The van der Waals surface area contributed by atoms with E-state index in [0.717, 1.165) is 11.3 Å². The zero-order chi connectivity index (χ0) is 8.27. The van der Waals surface area contributed by atoms with Crippen LogP contribution < -0.4 is 5.73 Å². The topological polar surface area (TPSA) is 38.9 Å². The quantitative estimate of drug-likeness (QED) is 0.596. The SMILES string of the molecule is C#Cc1ccc(CN)c(C)n1. The Hall–Kier alpha value is -1.33. The van der Waals surface area contributed by atoms with Gasteiger partial charge in [-0.15, -0.1) is 6.42 Å². The van der Waals surface area contributed by atoms with Gasteiger partial charge in [-0.3, -0.25) is 0 Å². The summed E-state index contributed by atoms with van der Waals surface area (Å²) in [4.78, 5) is 4.15. The molecule has 2 N–H and O–H groups in total. The maximum atomic E-state index is 5.45. The number of pyridine rings is 1. The molecule has 0 aliphatic heterocycles. The number of nitrogens with two attached hydrogens (primary N) is 1. The molecule has 1 heterocycles. The molecule has 0 aliphatic rings. The predicted octanol–water partition coefficient (Wildman–Crippen LogP) is 0.830. The summed E-state index contributed by atoms with van der Waals surface area (Å²) in [6.07, 6.45) is 5.17. The highest BCUT2D eigenvalue weighted by Gasteiger charge is 1.96. The molecule has 0 amide bonds. The minimum atomic E-state index is 0.518. The van der Waals surface area contributed by atoms with Gasteiger partial charge in [0.1, 0.15) is 5.69 Å². The van der Waals surface area contributed by atoms with Gasteiger partial charge in [0.2, 0.25) is 0 Å². The van der Waals surface area contributed by atoms with Crippen LogP contribution in [0.3, 0.4) is 0 Å². The predicted molar refractivity (Wildman–Crippen MR) is 44.8 cm³/mol. The van der Waals surface area contributed by atoms with E-state index >= 15 is 0 Å². The maximum Gasteiger partial charge on any atom is 0.113 e. The molecular weight excluding hydrogens is 136 g/mol. The summed E-state index contributed by atoms with van der Waals surface area (Å²) >= 11 is 0. The van der Waals surface area contributed by atoms with Gasteiger partial charge in [0.15, 0.2) is 0 Å². The van der Waals surface area contributed by atoms with Gasteiger partial charge >= 0.3 is 0 Å². The summed E-state index contributed by atoms with van der Waals surface area (Å²) in [5.41, 5.74) is 8.08. The smallest absolute Gasteiger partial charge is 0.113 e. The number of hydrogen-bond acceptors (Lipinski definition) is 2. The average molecular weight is 146 g/mol. The highest BCUT2D eigenvalue weighted by Crippen LogP contribution is 2.04. The van der Waals surface area contributed by atoms with Gasteiger partial charge in [-0.1, -0.05) is 12.0 Å². The Morgan fingerprint density at radius 3 is 2.82 bits per heavy atom. The molecule has 0 saturated carbocycles. The summed E-state index contributed by atoms with van der Waals surface area (Å²) in [6, 6.07) is 3.72. The number of rotatable bonds is 1. The van der Waals surface area contributed by atoms with Crippen LogP contribution in [0.15, 0.2) is 12.1 Å². The number of hydrogen-bond donors (Lipinski definition) is 1. The van der Waals surface area contributed by atoms with Crippen molar-refractivity contribution in [3.63, 3.8) is 0 Å². The van der Waals surface area contributed by atoms with Gasteiger partial charge < -0.3 is 5.73 Å². The molecule has 0 spiro atoms. The molecule has 0 saturated heterocycles. The molecule has 56 valence electrons. The number of terminal acetylenes is 1. The Labute approximate surface area is 66.4 Å². The van der Waals surface area contributed by atoms with Crippen LogP contribution in [0.1, 0.15) is 17.0 Å². The summed E-state index contributed by atoms with van der Waals surface area (Å²) in [5, 5.41) is 0. The molecule has 0 aromatic carbocycles. The molecule has 0 fully saturated rings. The summed E-state index contributed by atoms with van der Waals surface area (Å²) in [5.74, 6) is 2.47. The van der Waals surface area contributed by atoms with Crippen LogP contribution in [0.25, 0.3) is 0 Å². The molecular formula is C9H10N2. The normalized spacial score (nSPS) is 9.18. The highest BCUT2D eigenvalue weighted by molar-refractivity contribution is 5.30. The van der Waals surface area contributed by atoms with E-state index in [2.05, 4.69) is 10.9 Å². The monoisotopic (exact) mass is 146 g/mol. The maximum absolute atomic E-state index is 5.45. The molecule has 0 atom stereocenters. The fourth-order valence-corrected chi connectivity index (χ4v) is 0.886. The van der Waals surface area contributed by atoms with Crippen molar-refractivity contribution in [3.8, 4) is 12.3 Å². The van der Waals surface area contributed by atoms with Crippen LogP contribution in [0.5, 0.6) is 0 Å². The van der Waals surface area contributed by atoms with E-state index in [-0.39, 0.29) is 0 Å². The van der Waals surface area contributed by atoms with Gasteiger partial charge in [0, 0.05) is 12.2 Å². The second kappa shape index (κ2) is 3.18. The van der Waals surface area contributed by atoms with E-state index in [1.807, 2.05) is 13.0 Å². The van der Waals surface area contributed by atoms with E-state index in [4.69, 9.17) is 12.2 Å². The van der Waals surface area contributed by atoms with Gasteiger partial charge in [-0.2, -0.15) is 0 Å². The molecule has 1 rings (SSSR count). The molecule has 2 heteroatoms. The second-order valence-electron chi connectivity index (χ2n) is 2.29. The van der Waals surface area contributed by atoms with Gasteiger partial charge in [-0.05, 0) is 18.6 Å². The fraction of sp³-hybridized carbons (Fsp3) is 0.222. The van der Waals surface area contributed by atoms with E-state index in [0.29, 0.717) is 12.2 Å². The Bertz CT molecular complexity index is 297. The molecule has 11 heavy (non-hydrogen) atoms. The van der Waals surface area contributed by atoms with E-state index in [1.165, 1.54) is 0 Å². The Morgan fingerprint density at radius 2 is 2.36 bits per heavy atom.